The van der Waals surface area contributed by atoms with Crippen LogP contribution in [0.3, 0.4) is 0 Å². The Morgan fingerprint density at radius 2 is 2.33 bits per heavy atom. The maximum absolute atomic E-state index is 10.6. The topological polar surface area (TPSA) is 52.3 Å². The molecule has 0 saturated carbocycles. The number of cyclic esters (lactones) is 1. The van der Waals surface area contributed by atoms with E-state index in [1.54, 1.807) is 0 Å². The summed E-state index contributed by atoms with van der Waals surface area (Å²) in [5.41, 5.74) is 5.31. The van der Waals surface area contributed by atoms with E-state index in [0.29, 0.717) is 6.61 Å². The Morgan fingerprint density at radius 3 is 2.44 bits per heavy atom. The van der Waals surface area contributed by atoms with Gasteiger partial charge in [-0.2, -0.15) is 0 Å². The fraction of sp³-hybridized carbons (Fsp3) is 0.833. The fourth-order valence-corrected chi connectivity index (χ4v) is 0.756. The Labute approximate surface area is 54.2 Å². The van der Waals surface area contributed by atoms with Crippen molar-refractivity contribution in [1.82, 2.24) is 0 Å². The molecule has 0 amide bonds. The molecule has 2 N–H and O–H groups in total. The van der Waals surface area contributed by atoms with Crippen LogP contribution in [0.25, 0.3) is 0 Å². The molecule has 1 aliphatic rings. The summed E-state index contributed by atoms with van der Waals surface area (Å²) in [6.07, 6.45) is 0. The minimum Gasteiger partial charge on any atom is -0.464 e. The molecule has 3 heteroatoms. The predicted molar refractivity (Wildman–Crippen MR) is 32.7 cm³/mol. The summed E-state index contributed by atoms with van der Waals surface area (Å²) < 4.78 is 4.72. The van der Waals surface area contributed by atoms with Crippen molar-refractivity contribution in [2.24, 2.45) is 11.1 Å². The molecule has 0 aromatic heterocycles. The van der Waals surface area contributed by atoms with E-state index in [2.05, 4.69) is 0 Å². The van der Waals surface area contributed by atoms with Gasteiger partial charge in [-0.15, -0.1) is 0 Å². The molecule has 0 aromatic carbocycles. The second-order valence-corrected chi connectivity index (χ2v) is 3.07. The van der Waals surface area contributed by atoms with E-state index < -0.39 is 6.04 Å². The summed E-state index contributed by atoms with van der Waals surface area (Å²) in [5, 5.41) is 0. The highest BCUT2D eigenvalue weighted by molar-refractivity contribution is 5.78. The molecular weight excluding hydrogens is 118 g/mol. The summed E-state index contributed by atoms with van der Waals surface area (Å²) >= 11 is 0. The number of hydrogen-bond acceptors (Lipinski definition) is 3. The van der Waals surface area contributed by atoms with Crippen LogP contribution in [0.15, 0.2) is 0 Å². The average Bonchev–Trinajstić information content (AvgIpc) is 1.97. The highest BCUT2D eigenvalue weighted by atomic mass is 16.5. The molecule has 0 spiro atoms. The van der Waals surface area contributed by atoms with Crippen LogP contribution in [0.5, 0.6) is 0 Å². The van der Waals surface area contributed by atoms with Gasteiger partial charge in [-0.25, -0.2) is 0 Å². The Morgan fingerprint density at radius 1 is 1.78 bits per heavy atom. The molecule has 52 valence electrons. The Bertz CT molecular complexity index is 142. The molecule has 1 aliphatic heterocycles. The first-order chi connectivity index (χ1) is 4.04. The van der Waals surface area contributed by atoms with Gasteiger partial charge >= 0.3 is 5.97 Å². The molecule has 0 aliphatic carbocycles. The lowest BCUT2D eigenvalue weighted by atomic mass is 9.88. The third-order valence-electron chi connectivity index (χ3n) is 1.68. The van der Waals surface area contributed by atoms with Crippen molar-refractivity contribution >= 4 is 5.97 Å². The Kier molecular flexibility index (Phi) is 1.24. The monoisotopic (exact) mass is 129 g/mol. The summed E-state index contributed by atoms with van der Waals surface area (Å²) in [5.74, 6) is -0.278. The molecule has 1 fully saturated rings. The smallest absolute Gasteiger partial charge is 0.323 e. The average molecular weight is 129 g/mol. The van der Waals surface area contributed by atoms with Crippen LogP contribution < -0.4 is 5.73 Å². The van der Waals surface area contributed by atoms with Gasteiger partial charge in [-0.05, 0) is 0 Å². The lowest BCUT2D eigenvalue weighted by molar-refractivity contribution is -0.139. The van der Waals surface area contributed by atoms with Crippen LogP contribution >= 0.6 is 0 Å². The zero-order chi connectivity index (χ0) is 7.07. The maximum atomic E-state index is 10.6. The third kappa shape index (κ3) is 0.920. The highest BCUT2D eigenvalue weighted by Gasteiger charge is 2.40. The van der Waals surface area contributed by atoms with Crippen LogP contribution in [0.2, 0.25) is 0 Å². The fourth-order valence-electron chi connectivity index (χ4n) is 0.756. The molecule has 1 atom stereocenters. The molecule has 0 bridgehead atoms. The van der Waals surface area contributed by atoms with Crippen molar-refractivity contribution < 1.29 is 9.53 Å². The number of hydrogen-bond donors (Lipinski definition) is 1. The van der Waals surface area contributed by atoms with Crippen LogP contribution in [-0.2, 0) is 9.53 Å². The molecule has 9 heavy (non-hydrogen) atoms. The van der Waals surface area contributed by atoms with Crippen LogP contribution in [0.4, 0.5) is 0 Å². The summed E-state index contributed by atoms with van der Waals surface area (Å²) in [4.78, 5) is 10.6. The minimum atomic E-state index is -0.433. The first-order valence-corrected chi connectivity index (χ1v) is 2.96. The standard InChI is InChI=1S/C6H11NO2/c1-6(2)3-9-5(8)4(6)7/h4H,3,7H2,1-2H3/t4-/m0/s1. The van der Waals surface area contributed by atoms with Crippen molar-refractivity contribution in [1.29, 1.82) is 0 Å². The minimum absolute atomic E-state index is 0.170. The number of ether oxygens (including phenoxy) is 1. The predicted octanol–water partition coefficient (Wildman–Crippen LogP) is -0.103. The maximum Gasteiger partial charge on any atom is 0.323 e. The van der Waals surface area contributed by atoms with Gasteiger partial charge in [0.25, 0.3) is 0 Å². The first-order valence-electron chi connectivity index (χ1n) is 2.96. The van der Waals surface area contributed by atoms with E-state index >= 15 is 0 Å². The first kappa shape index (κ1) is 6.55. The molecule has 1 heterocycles. The van der Waals surface area contributed by atoms with E-state index in [-0.39, 0.29) is 11.4 Å². The highest BCUT2D eigenvalue weighted by Crippen LogP contribution is 2.26. The largest absolute Gasteiger partial charge is 0.464 e. The van der Waals surface area contributed by atoms with Gasteiger partial charge in [0.1, 0.15) is 6.04 Å². The molecule has 0 aromatic rings. The summed E-state index contributed by atoms with van der Waals surface area (Å²) in [6, 6.07) is -0.433. The van der Waals surface area contributed by atoms with Gasteiger partial charge in [0, 0.05) is 5.41 Å². The van der Waals surface area contributed by atoms with Gasteiger partial charge in [0.05, 0.1) is 6.61 Å². The zero-order valence-corrected chi connectivity index (χ0v) is 5.68. The van der Waals surface area contributed by atoms with Crippen molar-refractivity contribution in [2.75, 3.05) is 6.61 Å². The Hall–Kier alpha value is -0.570. The number of rotatable bonds is 0. The van der Waals surface area contributed by atoms with Crippen molar-refractivity contribution in [2.45, 2.75) is 19.9 Å². The lowest BCUT2D eigenvalue weighted by Gasteiger charge is -2.16. The molecule has 1 rings (SSSR count). The van der Waals surface area contributed by atoms with E-state index in [9.17, 15) is 4.79 Å². The van der Waals surface area contributed by atoms with E-state index in [0.717, 1.165) is 0 Å². The molecular formula is C6H11NO2. The lowest BCUT2D eigenvalue weighted by Crippen LogP contribution is -2.38. The molecule has 0 unspecified atom stereocenters. The number of carbonyl (C=O) groups excluding carboxylic acids is 1. The van der Waals surface area contributed by atoms with E-state index in [1.165, 1.54) is 0 Å². The van der Waals surface area contributed by atoms with E-state index in [4.69, 9.17) is 10.5 Å². The van der Waals surface area contributed by atoms with Gasteiger partial charge < -0.3 is 10.5 Å². The summed E-state index contributed by atoms with van der Waals surface area (Å²) in [7, 11) is 0. The van der Waals surface area contributed by atoms with Gasteiger partial charge in [0.15, 0.2) is 0 Å². The second kappa shape index (κ2) is 1.70. The van der Waals surface area contributed by atoms with Gasteiger partial charge in [0.2, 0.25) is 0 Å². The number of nitrogens with two attached hydrogens (primary N) is 1. The molecule has 1 saturated heterocycles. The quantitative estimate of drug-likeness (QED) is 0.464. The van der Waals surface area contributed by atoms with Crippen molar-refractivity contribution in [3.63, 3.8) is 0 Å². The third-order valence-corrected chi connectivity index (χ3v) is 1.68. The van der Waals surface area contributed by atoms with Crippen molar-refractivity contribution in [3.05, 3.63) is 0 Å². The SMILES string of the molecule is CC1(C)COC(=O)[C@@H]1N. The van der Waals surface area contributed by atoms with Crippen LogP contribution in [0.1, 0.15) is 13.8 Å². The van der Waals surface area contributed by atoms with Crippen LogP contribution in [0, 0.1) is 5.41 Å². The van der Waals surface area contributed by atoms with Crippen LogP contribution in [-0.4, -0.2) is 18.6 Å². The normalized spacial score (nSPS) is 32.3. The summed E-state index contributed by atoms with van der Waals surface area (Å²) in [6.45, 7) is 4.29. The Balaban J connectivity index is 2.73. The van der Waals surface area contributed by atoms with Gasteiger partial charge in [-0.1, -0.05) is 13.8 Å². The molecule has 0 radical (unpaired) electrons. The van der Waals surface area contributed by atoms with E-state index in [1.807, 2.05) is 13.8 Å². The van der Waals surface area contributed by atoms with Gasteiger partial charge in [-0.3, -0.25) is 4.79 Å². The number of carbonyl (C=O) groups is 1. The van der Waals surface area contributed by atoms with Crippen molar-refractivity contribution in [3.8, 4) is 0 Å². The molecule has 3 nitrogen and oxygen atoms in total. The second-order valence-electron chi connectivity index (χ2n) is 3.07. The number of esters is 1. The zero-order valence-electron chi connectivity index (χ0n) is 5.68.